The van der Waals surface area contributed by atoms with Gasteiger partial charge in [0, 0.05) is 29.2 Å². The number of quaternary nitrogens is 1. The summed E-state index contributed by atoms with van der Waals surface area (Å²) in [5.74, 6) is 0.683. The molecule has 0 saturated heterocycles. The molecule has 0 radical (unpaired) electrons. The monoisotopic (exact) mass is 582 g/mol. The fraction of sp³-hybridized carbons (Fsp3) is 0.286. The standard InChI is InChI=1S/C28H33N6S.H2O4S/c1-5-33(18-19-34(3,4)21-23-12-8-6-9-13-23)26-20-22(2)16-17-25(26)30-31-28-29-27(32-35-28)24-14-10-7-11-15-24;1-5(2,3)4/h6-17,20H,5,18-19,21H2,1-4H3;(H2,1,2,3,4)/q+1;/p-1. The smallest absolute Gasteiger partial charge is 0.249 e. The van der Waals surface area contributed by atoms with Gasteiger partial charge in [0.2, 0.25) is 15.5 Å². The average molecular weight is 583 g/mol. The molecular weight excluding hydrogens is 548 g/mol. The zero-order valence-electron chi connectivity index (χ0n) is 23.0. The molecule has 0 aliphatic carbocycles. The zero-order valence-corrected chi connectivity index (χ0v) is 24.6. The Hall–Kier alpha value is -3.55. The lowest BCUT2D eigenvalue weighted by Crippen LogP contribution is -2.45. The van der Waals surface area contributed by atoms with Gasteiger partial charge >= 0.3 is 0 Å². The summed E-state index contributed by atoms with van der Waals surface area (Å²) in [6.07, 6.45) is 0. The molecule has 4 rings (SSSR count). The number of benzene rings is 3. The number of azo groups is 1. The van der Waals surface area contributed by atoms with Gasteiger partial charge in [-0.05, 0) is 31.5 Å². The largest absolute Gasteiger partial charge is 0.726 e. The van der Waals surface area contributed by atoms with Gasteiger partial charge in [0.05, 0.1) is 32.9 Å². The van der Waals surface area contributed by atoms with Crippen LogP contribution in [-0.2, 0) is 16.9 Å². The molecular formula is C28H34N6O4S2. The molecule has 0 aliphatic heterocycles. The van der Waals surface area contributed by atoms with Crippen LogP contribution in [0, 0.1) is 6.92 Å². The van der Waals surface area contributed by atoms with Gasteiger partial charge in [0.15, 0.2) is 5.82 Å². The van der Waals surface area contributed by atoms with Crippen LogP contribution in [0.5, 0.6) is 0 Å². The Morgan fingerprint density at radius 3 is 2.25 bits per heavy atom. The number of likely N-dealkylation sites (N-methyl/N-ethyl adjacent to an activating group) is 2. The van der Waals surface area contributed by atoms with E-state index in [1.807, 2.05) is 36.4 Å². The molecule has 0 spiro atoms. The first-order chi connectivity index (χ1) is 18.9. The van der Waals surface area contributed by atoms with Gasteiger partial charge in [-0.25, -0.2) is 8.42 Å². The highest BCUT2D eigenvalue weighted by molar-refractivity contribution is 7.79. The summed E-state index contributed by atoms with van der Waals surface area (Å²) >= 11 is 1.26. The van der Waals surface area contributed by atoms with Crippen LogP contribution in [0.15, 0.2) is 89.1 Å². The van der Waals surface area contributed by atoms with E-state index in [1.165, 1.54) is 22.7 Å². The minimum absolute atomic E-state index is 0.555. The highest BCUT2D eigenvalue weighted by atomic mass is 32.3. The number of hydrogen-bond acceptors (Lipinski definition) is 9. The van der Waals surface area contributed by atoms with E-state index < -0.39 is 10.4 Å². The van der Waals surface area contributed by atoms with Crippen LogP contribution in [0.2, 0.25) is 0 Å². The van der Waals surface area contributed by atoms with Gasteiger partial charge in [-0.15, -0.1) is 10.2 Å². The van der Waals surface area contributed by atoms with E-state index in [4.69, 9.17) is 17.5 Å². The van der Waals surface area contributed by atoms with E-state index in [2.05, 4.69) is 94.9 Å². The van der Waals surface area contributed by atoms with Crippen LogP contribution in [0.25, 0.3) is 11.4 Å². The summed E-state index contributed by atoms with van der Waals surface area (Å²) in [6.45, 7) is 8.15. The number of aromatic nitrogens is 2. The number of nitrogens with zero attached hydrogens (tertiary/aromatic N) is 6. The fourth-order valence-electron chi connectivity index (χ4n) is 4.03. The summed E-state index contributed by atoms with van der Waals surface area (Å²) in [4.78, 5) is 6.94. The molecule has 0 aliphatic rings. The highest BCUT2D eigenvalue weighted by Gasteiger charge is 2.19. The van der Waals surface area contributed by atoms with Crippen molar-refractivity contribution in [1.82, 2.24) is 9.36 Å². The minimum Gasteiger partial charge on any atom is -0.726 e. The van der Waals surface area contributed by atoms with E-state index in [-0.39, 0.29) is 0 Å². The van der Waals surface area contributed by atoms with Crippen molar-refractivity contribution in [3.8, 4) is 11.4 Å². The number of anilines is 1. The molecule has 0 atom stereocenters. The summed E-state index contributed by atoms with van der Waals surface area (Å²) in [7, 11) is -0.338. The first kappa shape index (κ1) is 31.0. The van der Waals surface area contributed by atoms with Crippen LogP contribution in [0.4, 0.5) is 16.5 Å². The van der Waals surface area contributed by atoms with Crippen molar-refractivity contribution < 1.29 is 22.0 Å². The van der Waals surface area contributed by atoms with Crippen molar-refractivity contribution in [3.63, 3.8) is 0 Å². The van der Waals surface area contributed by atoms with Crippen LogP contribution in [0.3, 0.4) is 0 Å². The Bertz CT molecular complexity index is 1490. The molecule has 1 heterocycles. The van der Waals surface area contributed by atoms with E-state index in [1.54, 1.807) is 0 Å². The van der Waals surface area contributed by atoms with Crippen LogP contribution >= 0.6 is 11.5 Å². The second-order valence-corrected chi connectivity index (χ2v) is 11.4. The Labute approximate surface area is 240 Å². The van der Waals surface area contributed by atoms with Gasteiger partial charge in [-0.1, -0.05) is 66.7 Å². The third-order valence-corrected chi connectivity index (χ3v) is 6.57. The topological polar surface area (TPSA) is 131 Å². The van der Waals surface area contributed by atoms with E-state index in [0.717, 1.165) is 47.6 Å². The molecule has 0 unspecified atom stereocenters. The molecule has 0 saturated carbocycles. The number of aryl methyl sites for hydroxylation is 1. The van der Waals surface area contributed by atoms with Gasteiger partial charge in [-0.2, -0.15) is 9.36 Å². The molecule has 212 valence electrons. The van der Waals surface area contributed by atoms with E-state index in [9.17, 15) is 0 Å². The lowest BCUT2D eigenvalue weighted by atomic mass is 10.1. The number of hydrogen-bond donors (Lipinski definition) is 1. The van der Waals surface area contributed by atoms with E-state index in [0.29, 0.717) is 11.0 Å². The maximum absolute atomic E-state index is 8.63. The van der Waals surface area contributed by atoms with Crippen molar-refractivity contribution >= 4 is 38.4 Å². The lowest BCUT2D eigenvalue weighted by molar-refractivity contribution is -0.902. The number of rotatable bonds is 10. The molecule has 3 aromatic carbocycles. The average Bonchev–Trinajstić information content (AvgIpc) is 3.38. The van der Waals surface area contributed by atoms with Crippen molar-refractivity contribution in [2.75, 3.05) is 38.6 Å². The molecule has 4 aromatic rings. The molecule has 0 amide bonds. The molecule has 0 bridgehead atoms. The van der Waals surface area contributed by atoms with E-state index >= 15 is 0 Å². The summed E-state index contributed by atoms with van der Waals surface area (Å²) in [6, 6.07) is 27.0. The van der Waals surface area contributed by atoms with Crippen molar-refractivity contribution in [1.29, 1.82) is 0 Å². The first-order valence-corrected chi connectivity index (χ1v) is 14.8. The van der Waals surface area contributed by atoms with Crippen LogP contribution < -0.4 is 4.90 Å². The second kappa shape index (κ2) is 14.2. The molecule has 10 nitrogen and oxygen atoms in total. The molecule has 0 fully saturated rings. The quantitative estimate of drug-likeness (QED) is 0.104. The third kappa shape index (κ3) is 10.5. The van der Waals surface area contributed by atoms with Gasteiger partial charge in [-0.3, -0.25) is 4.55 Å². The first-order valence-electron chi connectivity index (χ1n) is 12.6. The second-order valence-electron chi connectivity index (χ2n) is 9.77. The summed E-state index contributed by atoms with van der Waals surface area (Å²) in [5.41, 5.74) is 5.50. The highest BCUT2D eigenvalue weighted by Crippen LogP contribution is 2.32. The van der Waals surface area contributed by atoms with Crippen LogP contribution in [-0.4, -0.2) is 65.1 Å². The lowest BCUT2D eigenvalue weighted by Gasteiger charge is -2.33. The minimum atomic E-state index is -4.92. The molecule has 1 N–H and O–H groups in total. The fourth-order valence-corrected chi connectivity index (χ4v) is 4.54. The Kier molecular flexibility index (Phi) is 11.0. The van der Waals surface area contributed by atoms with Crippen molar-refractivity contribution in [2.45, 2.75) is 20.4 Å². The van der Waals surface area contributed by atoms with Crippen molar-refractivity contribution in [2.24, 2.45) is 10.2 Å². The van der Waals surface area contributed by atoms with Gasteiger partial charge in [0.25, 0.3) is 0 Å². The summed E-state index contributed by atoms with van der Waals surface area (Å²) < 4.78 is 38.2. The Morgan fingerprint density at radius 2 is 1.62 bits per heavy atom. The maximum atomic E-state index is 8.63. The maximum Gasteiger partial charge on any atom is 0.249 e. The van der Waals surface area contributed by atoms with Gasteiger partial charge in [0.1, 0.15) is 12.2 Å². The molecule has 1 aromatic heterocycles. The molecule has 12 heteroatoms. The predicted molar refractivity (Wildman–Crippen MR) is 158 cm³/mol. The zero-order chi connectivity index (χ0) is 29.2. The normalized spacial score (nSPS) is 11.8. The Morgan fingerprint density at radius 1 is 1.00 bits per heavy atom. The Balaban J connectivity index is 0.000000810. The van der Waals surface area contributed by atoms with Crippen molar-refractivity contribution in [3.05, 3.63) is 90.0 Å². The predicted octanol–water partition coefficient (Wildman–Crippen LogP) is 6.04. The molecule has 40 heavy (non-hydrogen) atoms. The SMILES string of the molecule is CCN(CC[N+](C)(C)Cc1ccccc1)c1cc(C)ccc1N=Nc1nc(-c2ccccc2)ns1.O=S(=O)([O-])O. The third-order valence-electron chi connectivity index (χ3n) is 5.97. The summed E-state index contributed by atoms with van der Waals surface area (Å²) in [5, 5.41) is 9.58. The van der Waals surface area contributed by atoms with Gasteiger partial charge < -0.3 is 13.9 Å². The van der Waals surface area contributed by atoms with Crippen LogP contribution in [0.1, 0.15) is 18.1 Å².